The number of ether oxygens (including phenoxy) is 2. The van der Waals surface area contributed by atoms with E-state index in [0.29, 0.717) is 13.2 Å². The fraction of sp³-hybridized carbons (Fsp3) is 0.444. The molecule has 2 unspecified atom stereocenters. The number of benzene rings is 2. The fourth-order valence-electron chi connectivity index (χ4n) is 2.77. The van der Waals surface area contributed by atoms with Crippen LogP contribution in [0.25, 0.3) is 10.8 Å². The van der Waals surface area contributed by atoms with E-state index in [-0.39, 0.29) is 6.42 Å². The smallest absolute Gasteiger partial charge is 0.247 e. The van der Waals surface area contributed by atoms with Crippen molar-refractivity contribution in [1.82, 2.24) is 0 Å². The summed E-state index contributed by atoms with van der Waals surface area (Å²) in [7, 11) is 0. The van der Waals surface area contributed by atoms with E-state index in [2.05, 4.69) is 0 Å². The predicted molar refractivity (Wildman–Crippen MR) is 91.5 cm³/mol. The number of hydrogen-bond acceptors (Lipinski definition) is 5. The van der Waals surface area contributed by atoms with Gasteiger partial charge in [0.15, 0.2) is 12.4 Å². The number of nitro groups is 1. The lowest BCUT2D eigenvalue weighted by molar-refractivity contribution is -0.540. The zero-order valence-corrected chi connectivity index (χ0v) is 13.9. The zero-order chi connectivity index (χ0) is 17.5. The molecule has 0 aliphatic rings. The summed E-state index contributed by atoms with van der Waals surface area (Å²) in [6, 6.07) is 12.2. The number of aliphatic hydroxyl groups is 1. The van der Waals surface area contributed by atoms with Gasteiger partial charge in [-0.3, -0.25) is 10.1 Å². The van der Waals surface area contributed by atoms with Crippen LogP contribution in [-0.2, 0) is 15.9 Å². The van der Waals surface area contributed by atoms with Crippen LogP contribution in [0.3, 0.4) is 0 Å². The van der Waals surface area contributed by atoms with Gasteiger partial charge >= 0.3 is 0 Å². The molecule has 6 heteroatoms. The summed E-state index contributed by atoms with van der Waals surface area (Å²) >= 11 is 0. The first-order valence-corrected chi connectivity index (χ1v) is 8.09. The van der Waals surface area contributed by atoms with Crippen molar-refractivity contribution in [3.8, 4) is 0 Å². The van der Waals surface area contributed by atoms with E-state index in [0.717, 1.165) is 16.3 Å². The molecule has 0 spiro atoms. The van der Waals surface area contributed by atoms with Crippen molar-refractivity contribution in [2.45, 2.75) is 38.7 Å². The van der Waals surface area contributed by atoms with Gasteiger partial charge < -0.3 is 14.6 Å². The second-order valence-electron chi connectivity index (χ2n) is 5.46. The monoisotopic (exact) mass is 333 g/mol. The normalized spacial score (nSPS) is 14.0. The van der Waals surface area contributed by atoms with Crippen molar-refractivity contribution in [2.75, 3.05) is 13.2 Å². The van der Waals surface area contributed by atoms with Crippen molar-refractivity contribution in [3.63, 3.8) is 0 Å². The molecule has 1 N–H and O–H groups in total. The zero-order valence-electron chi connectivity index (χ0n) is 13.9. The Morgan fingerprint density at radius 1 is 1.08 bits per heavy atom. The van der Waals surface area contributed by atoms with Crippen LogP contribution >= 0.6 is 0 Å². The Morgan fingerprint density at radius 2 is 1.71 bits per heavy atom. The lowest BCUT2D eigenvalue weighted by atomic mass is 9.96. The van der Waals surface area contributed by atoms with Gasteiger partial charge in [0.05, 0.1) is 0 Å². The van der Waals surface area contributed by atoms with Gasteiger partial charge in [-0.2, -0.15) is 0 Å². The van der Waals surface area contributed by atoms with Gasteiger partial charge in [0.1, 0.15) is 0 Å². The van der Waals surface area contributed by atoms with Gasteiger partial charge in [0, 0.05) is 24.6 Å². The molecule has 130 valence electrons. The standard InChI is InChI=1S/C18H23NO5/c1-3-23-18(24-4-2)17(20)16(19(21)22)12-14-10-7-9-13-8-5-6-11-15(13)14/h5-11,16-18,20H,3-4,12H2,1-2H3. The SMILES string of the molecule is CCOC(OCC)C(O)C(Cc1cccc2ccccc12)[N+](=O)[O-]. The summed E-state index contributed by atoms with van der Waals surface area (Å²) in [6.45, 7) is 4.12. The number of aliphatic hydroxyl groups excluding tert-OH is 1. The Labute approximate surface area is 141 Å². The molecule has 0 saturated heterocycles. The van der Waals surface area contributed by atoms with Crippen LogP contribution in [0.4, 0.5) is 0 Å². The Kier molecular flexibility index (Phi) is 6.66. The Balaban J connectivity index is 2.28. The van der Waals surface area contributed by atoms with E-state index in [1.165, 1.54) is 0 Å². The Bertz CT molecular complexity index is 664. The number of fused-ring (bicyclic) bond motifs is 1. The summed E-state index contributed by atoms with van der Waals surface area (Å²) in [5, 5.41) is 23.9. The van der Waals surface area contributed by atoms with Crippen LogP contribution in [0.15, 0.2) is 42.5 Å². The van der Waals surface area contributed by atoms with Crippen molar-refractivity contribution in [2.24, 2.45) is 0 Å². The van der Waals surface area contributed by atoms with Crippen molar-refractivity contribution in [1.29, 1.82) is 0 Å². The number of rotatable bonds is 9. The van der Waals surface area contributed by atoms with Crippen molar-refractivity contribution >= 4 is 10.8 Å². The minimum atomic E-state index is -1.35. The Hall–Kier alpha value is -2.02. The molecule has 6 nitrogen and oxygen atoms in total. The highest BCUT2D eigenvalue weighted by molar-refractivity contribution is 5.85. The maximum absolute atomic E-state index is 11.5. The molecule has 0 bridgehead atoms. The quantitative estimate of drug-likeness (QED) is 0.433. The first-order chi connectivity index (χ1) is 11.6. The summed E-state index contributed by atoms with van der Waals surface area (Å²) in [5.74, 6) is 0. The van der Waals surface area contributed by atoms with Crippen LogP contribution in [0.1, 0.15) is 19.4 Å². The van der Waals surface area contributed by atoms with Crippen LogP contribution in [-0.4, -0.2) is 41.7 Å². The first kappa shape index (κ1) is 18.3. The molecule has 0 radical (unpaired) electrons. The molecule has 0 aliphatic carbocycles. The first-order valence-electron chi connectivity index (χ1n) is 8.09. The average Bonchev–Trinajstić information content (AvgIpc) is 2.58. The Morgan fingerprint density at radius 3 is 2.33 bits per heavy atom. The van der Waals surface area contributed by atoms with Crippen LogP contribution in [0, 0.1) is 10.1 Å². The molecule has 0 saturated carbocycles. The van der Waals surface area contributed by atoms with Crippen molar-refractivity contribution < 1.29 is 19.5 Å². The maximum Gasteiger partial charge on any atom is 0.247 e. The number of nitrogens with zero attached hydrogens (tertiary/aromatic N) is 1. The highest BCUT2D eigenvalue weighted by Gasteiger charge is 2.37. The minimum Gasteiger partial charge on any atom is -0.381 e. The van der Waals surface area contributed by atoms with E-state index < -0.39 is 23.4 Å². The van der Waals surface area contributed by atoms with E-state index in [1.54, 1.807) is 13.8 Å². The molecule has 2 atom stereocenters. The van der Waals surface area contributed by atoms with Crippen LogP contribution in [0.2, 0.25) is 0 Å². The van der Waals surface area contributed by atoms with Gasteiger partial charge in [-0.15, -0.1) is 0 Å². The topological polar surface area (TPSA) is 81.8 Å². The molecule has 0 aliphatic heterocycles. The predicted octanol–water partition coefficient (Wildman–Crippen LogP) is 2.79. The van der Waals surface area contributed by atoms with Gasteiger partial charge in [-0.25, -0.2) is 0 Å². The molecule has 0 heterocycles. The van der Waals surface area contributed by atoms with Gasteiger partial charge in [0.25, 0.3) is 0 Å². The maximum atomic E-state index is 11.5. The van der Waals surface area contributed by atoms with Gasteiger partial charge in [-0.05, 0) is 30.2 Å². The van der Waals surface area contributed by atoms with Crippen molar-refractivity contribution in [3.05, 3.63) is 58.1 Å². The average molecular weight is 333 g/mol. The molecule has 2 aromatic rings. The molecule has 2 aromatic carbocycles. The fourth-order valence-corrected chi connectivity index (χ4v) is 2.77. The van der Waals surface area contributed by atoms with Gasteiger partial charge in [0.2, 0.25) is 6.04 Å². The summed E-state index contributed by atoms with van der Waals surface area (Å²) < 4.78 is 10.6. The highest BCUT2D eigenvalue weighted by atomic mass is 16.7. The third-order valence-electron chi connectivity index (χ3n) is 3.91. The molecule has 0 aromatic heterocycles. The largest absolute Gasteiger partial charge is 0.381 e. The molecule has 2 rings (SSSR count). The lowest BCUT2D eigenvalue weighted by Crippen LogP contribution is -2.46. The summed E-state index contributed by atoms with van der Waals surface area (Å²) in [6.07, 6.45) is -2.25. The molecular formula is C18H23NO5. The summed E-state index contributed by atoms with van der Waals surface area (Å²) in [5.41, 5.74) is 0.820. The minimum absolute atomic E-state index is 0.103. The number of hydrogen-bond donors (Lipinski definition) is 1. The van der Waals surface area contributed by atoms with Gasteiger partial charge in [-0.1, -0.05) is 42.5 Å². The molecule has 0 amide bonds. The van der Waals surface area contributed by atoms with E-state index in [9.17, 15) is 15.2 Å². The highest BCUT2D eigenvalue weighted by Crippen LogP contribution is 2.22. The second-order valence-corrected chi connectivity index (χ2v) is 5.46. The molecule has 0 fully saturated rings. The van der Waals surface area contributed by atoms with Crippen LogP contribution in [0.5, 0.6) is 0 Å². The molecular weight excluding hydrogens is 310 g/mol. The lowest BCUT2D eigenvalue weighted by Gasteiger charge is -2.25. The van der Waals surface area contributed by atoms with E-state index in [4.69, 9.17) is 9.47 Å². The van der Waals surface area contributed by atoms with E-state index in [1.807, 2.05) is 42.5 Å². The third kappa shape index (κ3) is 4.29. The molecule has 24 heavy (non-hydrogen) atoms. The van der Waals surface area contributed by atoms with Crippen LogP contribution < -0.4 is 0 Å². The summed E-state index contributed by atoms with van der Waals surface area (Å²) in [4.78, 5) is 11.1. The third-order valence-corrected chi connectivity index (χ3v) is 3.91. The van der Waals surface area contributed by atoms with E-state index >= 15 is 0 Å². The second kappa shape index (κ2) is 8.73.